The molecule has 2 fully saturated rings. The number of urea groups is 1. The SMILES string of the molecule is CC1(C)C(=O)NC(=O)N1CC(=O)Nc1ccc(-c2cnc(C3CC3)o2)cc1. The third-order valence-corrected chi connectivity index (χ3v) is 4.90. The van der Waals surface area contributed by atoms with E-state index in [1.54, 1.807) is 32.2 Å². The van der Waals surface area contributed by atoms with Gasteiger partial charge in [-0.3, -0.25) is 14.9 Å². The lowest BCUT2D eigenvalue weighted by Crippen LogP contribution is -2.47. The average molecular weight is 368 g/mol. The lowest BCUT2D eigenvalue weighted by molar-refractivity contribution is -0.126. The number of nitrogens with zero attached hydrogens (tertiary/aromatic N) is 2. The zero-order valence-electron chi connectivity index (χ0n) is 15.1. The number of imide groups is 1. The lowest BCUT2D eigenvalue weighted by atomic mass is 10.0. The van der Waals surface area contributed by atoms with E-state index in [4.69, 9.17) is 4.42 Å². The van der Waals surface area contributed by atoms with Gasteiger partial charge in [-0.25, -0.2) is 9.78 Å². The first-order chi connectivity index (χ1) is 12.8. The first-order valence-electron chi connectivity index (χ1n) is 8.83. The van der Waals surface area contributed by atoms with Gasteiger partial charge in [-0.2, -0.15) is 0 Å². The highest BCUT2D eigenvalue weighted by atomic mass is 16.4. The van der Waals surface area contributed by atoms with E-state index in [9.17, 15) is 14.4 Å². The molecule has 1 saturated carbocycles. The number of oxazole rings is 1. The summed E-state index contributed by atoms with van der Waals surface area (Å²) in [5, 5.41) is 4.95. The number of aromatic nitrogens is 1. The van der Waals surface area contributed by atoms with Crippen LogP contribution in [0.3, 0.4) is 0 Å². The van der Waals surface area contributed by atoms with Gasteiger partial charge in [-0.1, -0.05) is 0 Å². The van der Waals surface area contributed by atoms with Crippen LogP contribution in [0.5, 0.6) is 0 Å². The molecule has 140 valence electrons. The zero-order chi connectivity index (χ0) is 19.2. The maximum absolute atomic E-state index is 12.3. The molecule has 1 saturated heterocycles. The Kier molecular flexibility index (Phi) is 3.98. The summed E-state index contributed by atoms with van der Waals surface area (Å²) in [5.41, 5.74) is 0.413. The Bertz CT molecular complexity index is 912. The minimum Gasteiger partial charge on any atom is -0.440 e. The van der Waals surface area contributed by atoms with Crippen molar-refractivity contribution in [2.24, 2.45) is 0 Å². The highest BCUT2D eigenvalue weighted by Gasteiger charge is 2.46. The number of hydrogen-bond acceptors (Lipinski definition) is 5. The molecule has 1 aliphatic heterocycles. The summed E-state index contributed by atoms with van der Waals surface area (Å²) in [6.07, 6.45) is 3.97. The molecule has 2 aromatic rings. The van der Waals surface area contributed by atoms with Gasteiger partial charge in [0.15, 0.2) is 11.7 Å². The van der Waals surface area contributed by atoms with Gasteiger partial charge in [-0.15, -0.1) is 0 Å². The highest BCUT2D eigenvalue weighted by molar-refractivity contribution is 6.08. The molecule has 8 nitrogen and oxygen atoms in total. The van der Waals surface area contributed by atoms with E-state index in [0.29, 0.717) is 17.4 Å². The van der Waals surface area contributed by atoms with Gasteiger partial charge >= 0.3 is 6.03 Å². The molecule has 0 unspecified atom stereocenters. The van der Waals surface area contributed by atoms with E-state index < -0.39 is 17.5 Å². The molecule has 2 N–H and O–H groups in total. The zero-order valence-corrected chi connectivity index (χ0v) is 15.1. The second kappa shape index (κ2) is 6.22. The largest absolute Gasteiger partial charge is 0.440 e. The number of rotatable bonds is 5. The van der Waals surface area contributed by atoms with Crippen molar-refractivity contribution >= 4 is 23.5 Å². The summed E-state index contributed by atoms with van der Waals surface area (Å²) in [5.74, 6) is 1.14. The highest BCUT2D eigenvalue weighted by Crippen LogP contribution is 2.40. The van der Waals surface area contributed by atoms with Crippen molar-refractivity contribution in [1.82, 2.24) is 15.2 Å². The summed E-state index contributed by atoms with van der Waals surface area (Å²) < 4.78 is 5.77. The van der Waals surface area contributed by atoms with Crippen LogP contribution in [0, 0.1) is 0 Å². The Hall–Kier alpha value is -3.16. The summed E-state index contributed by atoms with van der Waals surface area (Å²) in [6, 6.07) is 6.62. The molecule has 4 rings (SSSR count). The van der Waals surface area contributed by atoms with E-state index >= 15 is 0 Å². The van der Waals surface area contributed by atoms with Crippen molar-refractivity contribution in [1.29, 1.82) is 0 Å². The van der Waals surface area contributed by atoms with Crippen molar-refractivity contribution in [2.75, 3.05) is 11.9 Å². The molecule has 0 radical (unpaired) electrons. The molecule has 1 aromatic carbocycles. The Labute approximate surface area is 155 Å². The molecule has 4 amide bonds. The second-order valence-electron chi connectivity index (χ2n) is 7.37. The molecule has 0 bridgehead atoms. The van der Waals surface area contributed by atoms with Gasteiger partial charge < -0.3 is 14.6 Å². The average Bonchev–Trinajstić information content (AvgIpc) is 3.32. The predicted octanol–water partition coefficient (Wildman–Crippen LogP) is 2.49. The topological polar surface area (TPSA) is 105 Å². The first kappa shape index (κ1) is 17.3. The lowest BCUT2D eigenvalue weighted by Gasteiger charge is -2.27. The maximum atomic E-state index is 12.3. The van der Waals surface area contributed by atoms with E-state index in [2.05, 4.69) is 15.6 Å². The van der Waals surface area contributed by atoms with Crippen molar-refractivity contribution < 1.29 is 18.8 Å². The monoisotopic (exact) mass is 368 g/mol. The molecule has 8 heteroatoms. The number of carbonyl (C=O) groups is 3. The second-order valence-corrected chi connectivity index (χ2v) is 7.37. The van der Waals surface area contributed by atoms with Gasteiger partial charge in [-0.05, 0) is 51.0 Å². The van der Waals surface area contributed by atoms with Crippen molar-refractivity contribution in [3.8, 4) is 11.3 Å². The Morgan fingerprint density at radius 3 is 2.59 bits per heavy atom. The van der Waals surface area contributed by atoms with Crippen molar-refractivity contribution in [3.63, 3.8) is 0 Å². The molecular formula is C19H20N4O4. The summed E-state index contributed by atoms with van der Waals surface area (Å²) in [4.78, 5) is 41.4. The van der Waals surface area contributed by atoms with E-state index in [-0.39, 0.29) is 12.5 Å². The summed E-state index contributed by atoms with van der Waals surface area (Å²) in [7, 11) is 0. The number of amides is 4. The molecule has 1 aliphatic carbocycles. The van der Waals surface area contributed by atoms with Crippen molar-refractivity contribution in [2.45, 2.75) is 38.1 Å². The van der Waals surface area contributed by atoms with Crippen LogP contribution in [-0.2, 0) is 9.59 Å². The number of anilines is 1. The van der Waals surface area contributed by atoms with Crippen molar-refractivity contribution in [3.05, 3.63) is 36.4 Å². The fourth-order valence-corrected chi connectivity index (χ4v) is 2.97. The third-order valence-electron chi connectivity index (χ3n) is 4.90. The van der Waals surface area contributed by atoms with Gasteiger partial charge in [0.1, 0.15) is 12.1 Å². The normalized spacial score (nSPS) is 18.5. The third kappa shape index (κ3) is 3.30. The van der Waals surface area contributed by atoms with Crippen LogP contribution in [0.4, 0.5) is 10.5 Å². The number of benzene rings is 1. The Morgan fingerprint density at radius 1 is 1.30 bits per heavy atom. The minimum absolute atomic E-state index is 0.209. The molecule has 1 aromatic heterocycles. The van der Waals surface area contributed by atoms with Crippen LogP contribution < -0.4 is 10.6 Å². The van der Waals surface area contributed by atoms with E-state index in [0.717, 1.165) is 24.3 Å². The number of carbonyl (C=O) groups excluding carboxylic acids is 3. The quantitative estimate of drug-likeness (QED) is 0.789. The smallest absolute Gasteiger partial charge is 0.325 e. The summed E-state index contributed by atoms with van der Waals surface area (Å²) >= 11 is 0. The predicted molar refractivity (Wildman–Crippen MR) is 96.9 cm³/mol. The van der Waals surface area contributed by atoms with Gasteiger partial charge in [0, 0.05) is 17.2 Å². The van der Waals surface area contributed by atoms with Gasteiger partial charge in [0.25, 0.3) is 5.91 Å². The first-order valence-corrected chi connectivity index (χ1v) is 8.83. The fraction of sp³-hybridized carbons (Fsp3) is 0.368. The van der Waals surface area contributed by atoms with Crippen LogP contribution in [-0.4, -0.2) is 39.8 Å². The van der Waals surface area contributed by atoms with Crippen LogP contribution >= 0.6 is 0 Å². The molecule has 2 heterocycles. The molecule has 2 aliphatic rings. The molecular weight excluding hydrogens is 348 g/mol. The Morgan fingerprint density at radius 2 is 2.00 bits per heavy atom. The molecule has 0 atom stereocenters. The fourth-order valence-electron chi connectivity index (χ4n) is 2.97. The van der Waals surface area contributed by atoms with E-state index in [1.165, 1.54) is 4.90 Å². The summed E-state index contributed by atoms with van der Waals surface area (Å²) in [6.45, 7) is 2.99. The van der Waals surface area contributed by atoms with E-state index in [1.807, 2.05) is 12.1 Å². The standard InChI is InChI=1S/C19H20N4O4/c1-19(2)17(25)22-18(26)23(19)10-15(24)21-13-7-5-11(6-8-13)14-9-20-16(27-14)12-3-4-12/h5-9,12H,3-4,10H2,1-2H3,(H,21,24)(H,22,25,26). The molecule has 0 spiro atoms. The van der Waals surface area contributed by atoms with Gasteiger partial charge in [0.2, 0.25) is 5.91 Å². The van der Waals surface area contributed by atoms with Crippen LogP contribution in [0.25, 0.3) is 11.3 Å². The van der Waals surface area contributed by atoms with Crippen LogP contribution in [0.2, 0.25) is 0 Å². The number of hydrogen-bond donors (Lipinski definition) is 2. The van der Waals surface area contributed by atoms with Crippen LogP contribution in [0.15, 0.2) is 34.9 Å². The Balaban J connectivity index is 1.40. The maximum Gasteiger partial charge on any atom is 0.325 e. The number of nitrogens with one attached hydrogen (secondary N) is 2. The van der Waals surface area contributed by atoms with Gasteiger partial charge in [0.05, 0.1) is 6.20 Å². The molecule has 27 heavy (non-hydrogen) atoms. The van der Waals surface area contributed by atoms with Crippen LogP contribution in [0.1, 0.15) is 38.5 Å². The minimum atomic E-state index is -1.05.